The molecule has 0 heterocycles. The predicted octanol–water partition coefficient (Wildman–Crippen LogP) is 0.776. The second kappa shape index (κ2) is 5.65. The third-order valence-corrected chi connectivity index (χ3v) is 1.81. The molecule has 1 radical (unpaired) electrons. The van der Waals surface area contributed by atoms with Gasteiger partial charge in [0.1, 0.15) is 6.61 Å². The van der Waals surface area contributed by atoms with Gasteiger partial charge in [-0.2, -0.15) is 0 Å². The first-order chi connectivity index (χ1) is 7.65. The van der Waals surface area contributed by atoms with Crippen LogP contribution >= 0.6 is 0 Å². The van der Waals surface area contributed by atoms with E-state index in [-0.39, 0.29) is 24.2 Å². The lowest BCUT2D eigenvalue weighted by atomic mass is 10.1. The highest BCUT2D eigenvalue weighted by atomic mass is 16.5. The second-order valence-electron chi connectivity index (χ2n) is 2.93. The van der Waals surface area contributed by atoms with E-state index < -0.39 is 11.9 Å². The number of aliphatic carboxylic acids is 1. The molecule has 1 aromatic carbocycles. The lowest BCUT2D eigenvalue weighted by Gasteiger charge is -2.04. The van der Waals surface area contributed by atoms with Crippen molar-refractivity contribution >= 4 is 18.2 Å². The zero-order valence-corrected chi connectivity index (χ0v) is 8.30. The molecule has 0 saturated heterocycles. The van der Waals surface area contributed by atoms with E-state index in [1.165, 1.54) is 12.1 Å². The number of hydrogen-bond donors (Lipinski definition) is 1. The topological polar surface area (TPSA) is 80.7 Å². The van der Waals surface area contributed by atoms with Crippen LogP contribution in [-0.2, 0) is 14.3 Å². The van der Waals surface area contributed by atoms with Crippen molar-refractivity contribution in [3.05, 3.63) is 35.4 Å². The summed E-state index contributed by atoms with van der Waals surface area (Å²) in [6.07, 6.45) is 1.34. The van der Waals surface area contributed by atoms with Crippen molar-refractivity contribution in [3.63, 3.8) is 0 Å². The number of ether oxygens (including phenoxy) is 1. The van der Waals surface area contributed by atoms with E-state index in [9.17, 15) is 14.4 Å². The van der Waals surface area contributed by atoms with E-state index in [2.05, 4.69) is 4.74 Å². The molecule has 0 spiro atoms. The van der Waals surface area contributed by atoms with E-state index in [1.54, 1.807) is 18.4 Å². The van der Waals surface area contributed by atoms with Crippen molar-refractivity contribution in [3.8, 4) is 0 Å². The van der Waals surface area contributed by atoms with Gasteiger partial charge in [-0.1, -0.05) is 18.2 Å². The average Bonchev–Trinajstić information content (AvgIpc) is 2.28. The van der Waals surface area contributed by atoms with Crippen molar-refractivity contribution in [2.75, 3.05) is 6.61 Å². The van der Waals surface area contributed by atoms with Crippen molar-refractivity contribution in [2.24, 2.45) is 0 Å². The van der Waals surface area contributed by atoms with Gasteiger partial charge >= 0.3 is 11.9 Å². The fraction of sp³-hybridized carbons (Fsp3) is 0.182. The van der Waals surface area contributed by atoms with Crippen LogP contribution in [0.2, 0.25) is 0 Å². The fourth-order valence-corrected chi connectivity index (χ4v) is 1.06. The smallest absolute Gasteiger partial charge is 0.338 e. The van der Waals surface area contributed by atoms with Gasteiger partial charge < -0.3 is 9.84 Å². The highest BCUT2D eigenvalue weighted by Gasteiger charge is 2.12. The van der Waals surface area contributed by atoms with Gasteiger partial charge in [-0.05, 0) is 6.07 Å². The Morgan fingerprint density at radius 3 is 2.62 bits per heavy atom. The molecule has 0 aromatic heterocycles. The minimum absolute atomic E-state index is 0.0860. The van der Waals surface area contributed by atoms with Crippen LogP contribution < -0.4 is 0 Å². The molecule has 1 rings (SSSR count). The lowest BCUT2D eigenvalue weighted by molar-refractivity contribution is -0.137. The molecule has 0 unspecified atom stereocenters. The number of carbonyl (C=O) groups excluding carboxylic acids is 2. The van der Waals surface area contributed by atoms with Crippen LogP contribution in [0.3, 0.4) is 0 Å². The molecule has 0 atom stereocenters. The third-order valence-electron chi connectivity index (χ3n) is 1.81. The van der Waals surface area contributed by atoms with Gasteiger partial charge in [-0.25, -0.2) is 4.79 Å². The van der Waals surface area contributed by atoms with Gasteiger partial charge in [0.25, 0.3) is 0 Å². The Kier molecular flexibility index (Phi) is 4.20. The molecular formula is C11H9O5. The SMILES string of the molecule is O=[C]c1ccccc1C(=O)OCCC(=O)O. The zero-order valence-electron chi connectivity index (χ0n) is 8.30. The average molecular weight is 221 g/mol. The standard InChI is InChI=1S/C11H9O5/c12-7-8-3-1-2-4-9(8)11(15)16-6-5-10(13)14/h1-4H,5-6H2,(H,13,14). The molecule has 0 amide bonds. The van der Waals surface area contributed by atoms with Crippen LogP contribution in [-0.4, -0.2) is 29.9 Å². The number of carbonyl (C=O) groups is 2. The molecule has 1 aromatic rings. The Balaban J connectivity index is 2.65. The number of carboxylic acids is 1. The maximum atomic E-state index is 11.4. The van der Waals surface area contributed by atoms with Gasteiger partial charge in [0.15, 0.2) is 0 Å². The summed E-state index contributed by atoms with van der Waals surface area (Å²) in [4.78, 5) is 32.1. The normalized spacial score (nSPS) is 9.50. The van der Waals surface area contributed by atoms with E-state index in [0.29, 0.717) is 0 Å². The minimum Gasteiger partial charge on any atom is -0.481 e. The van der Waals surface area contributed by atoms with Crippen LogP contribution in [0.15, 0.2) is 24.3 Å². The third kappa shape index (κ3) is 3.20. The Morgan fingerprint density at radius 2 is 2.00 bits per heavy atom. The molecule has 0 saturated carbocycles. The molecular weight excluding hydrogens is 212 g/mol. The van der Waals surface area contributed by atoms with E-state index in [4.69, 9.17) is 5.11 Å². The Labute approximate surface area is 91.6 Å². The molecule has 0 fully saturated rings. The first kappa shape index (κ1) is 11.9. The maximum absolute atomic E-state index is 11.4. The summed E-state index contributed by atoms with van der Waals surface area (Å²) in [7, 11) is 0. The van der Waals surface area contributed by atoms with E-state index >= 15 is 0 Å². The predicted molar refractivity (Wildman–Crippen MR) is 53.8 cm³/mol. The first-order valence-corrected chi connectivity index (χ1v) is 4.51. The van der Waals surface area contributed by atoms with Crippen LogP contribution in [0, 0.1) is 0 Å². The molecule has 0 aliphatic carbocycles. The quantitative estimate of drug-likeness (QED) is 0.743. The van der Waals surface area contributed by atoms with Gasteiger partial charge in [0.05, 0.1) is 12.0 Å². The Hall–Kier alpha value is -2.17. The Morgan fingerprint density at radius 1 is 1.31 bits per heavy atom. The largest absolute Gasteiger partial charge is 0.481 e. The monoisotopic (exact) mass is 221 g/mol. The molecule has 0 bridgehead atoms. The number of rotatable bonds is 5. The summed E-state index contributed by atoms with van der Waals surface area (Å²) in [5.74, 6) is -1.77. The van der Waals surface area contributed by atoms with Gasteiger partial charge in [-0.3, -0.25) is 9.59 Å². The first-order valence-electron chi connectivity index (χ1n) is 4.51. The highest BCUT2D eigenvalue weighted by Crippen LogP contribution is 2.07. The zero-order chi connectivity index (χ0) is 12.0. The van der Waals surface area contributed by atoms with E-state index in [1.807, 2.05) is 0 Å². The van der Waals surface area contributed by atoms with Gasteiger partial charge in [0.2, 0.25) is 6.29 Å². The fourth-order valence-electron chi connectivity index (χ4n) is 1.06. The summed E-state index contributed by atoms with van der Waals surface area (Å²) < 4.78 is 4.68. The number of esters is 1. The molecule has 16 heavy (non-hydrogen) atoms. The lowest BCUT2D eigenvalue weighted by Crippen LogP contribution is -2.11. The molecule has 0 aliphatic heterocycles. The Bertz CT molecular complexity index is 411. The second-order valence-corrected chi connectivity index (χ2v) is 2.93. The van der Waals surface area contributed by atoms with Gasteiger partial charge in [-0.15, -0.1) is 0 Å². The highest BCUT2D eigenvalue weighted by molar-refractivity contribution is 5.98. The van der Waals surface area contributed by atoms with Crippen molar-refractivity contribution in [1.82, 2.24) is 0 Å². The van der Waals surface area contributed by atoms with Crippen molar-refractivity contribution < 1.29 is 24.2 Å². The summed E-state index contributed by atoms with van der Waals surface area (Å²) in [6.45, 7) is -0.221. The van der Waals surface area contributed by atoms with Crippen LogP contribution in [0.5, 0.6) is 0 Å². The summed E-state index contributed by atoms with van der Waals surface area (Å²) in [5, 5.41) is 8.34. The van der Waals surface area contributed by atoms with Crippen LogP contribution in [0.25, 0.3) is 0 Å². The molecule has 5 nitrogen and oxygen atoms in total. The minimum atomic E-state index is -1.05. The van der Waals surface area contributed by atoms with Crippen LogP contribution in [0.1, 0.15) is 22.3 Å². The molecule has 83 valence electrons. The summed E-state index contributed by atoms with van der Waals surface area (Å²) in [5.41, 5.74) is 0.186. The molecule has 1 N–H and O–H groups in total. The van der Waals surface area contributed by atoms with Crippen molar-refractivity contribution in [1.29, 1.82) is 0 Å². The summed E-state index contributed by atoms with van der Waals surface area (Å²) in [6, 6.07) is 6.02. The van der Waals surface area contributed by atoms with Crippen molar-refractivity contribution in [2.45, 2.75) is 6.42 Å². The molecule has 0 aliphatic rings. The number of carboxylic acid groups (broad SMARTS) is 1. The number of benzene rings is 1. The summed E-state index contributed by atoms with van der Waals surface area (Å²) >= 11 is 0. The number of hydrogen-bond acceptors (Lipinski definition) is 4. The van der Waals surface area contributed by atoms with E-state index in [0.717, 1.165) is 0 Å². The van der Waals surface area contributed by atoms with Crippen LogP contribution in [0.4, 0.5) is 0 Å². The maximum Gasteiger partial charge on any atom is 0.338 e. The molecule has 5 heteroatoms. The van der Waals surface area contributed by atoms with Gasteiger partial charge in [0, 0.05) is 5.56 Å².